The van der Waals surface area contributed by atoms with E-state index in [9.17, 15) is 0 Å². The van der Waals surface area contributed by atoms with Gasteiger partial charge in [-0.15, -0.1) is 5.10 Å². The van der Waals surface area contributed by atoms with Gasteiger partial charge in [-0.3, -0.25) is 0 Å². The van der Waals surface area contributed by atoms with Gasteiger partial charge in [0.2, 0.25) is 0 Å². The van der Waals surface area contributed by atoms with Gasteiger partial charge in [-0.2, -0.15) is 0 Å². The van der Waals surface area contributed by atoms with E-state index >= 15 is 0 Å². The van der Waals surface area contributed by atoms with Crippen molar-refractivity contribution in [3.8, 4) is 5.75 Å². The van der Waals surface area contributed by atoms with Crippen LogP contribution in [0.15, 0.2) is 35.7 Å². The molecule has 5 heteroatoms. The second-order valence-corrected chi connectivity index (χ2v) is 4.76. The predicted octanol–water partition coefficient (Wildman–Crippen LogP) is 2.44. The molecule has 0 spiro atoms. The van der Waals surface area contributed by atoms with Crippen molar-refractivity contribution in [3.05, 3.63) is 41.4 Å². The number of rotatable bonds is 7. The quantitative estimate of drug-likeness (QED) is 0.719. The maximum atomic E-state index is 5.64. The molecule has 0 saturated heterocycles. The largest absolute Gasteiger partial charge is 0.494 e. The van der Waals surface area contributed by atoms with Crippen LogP contribution in [0.25, 0.3) is 0 Å². The van der Waals surface area contributed by atoms with E-state index in [-0.39, 0.29) is 0 Å². The van der Waals surface area contributed by atoms with Gasteiger partial charge in [0.05, 0.1) is 12.3 Å². The Hall–Kier alpha value is -1.46. The Kier molecular flexibility index (Phi) is 5.11. The molecule has 0 bridgehead atoms. The summed E-state index contributed by atoms with van der Waals surface area (Å²) < 4.78 is 9.49. The highest BCUT2D eigenvalue weighted by Gasteiger charge is 2.02. The molecule has 0 aliphatic rings. The summed E-state index contributed by atoms with van der Waals surface area (Å²) in [6.07, 6.45) is 1.00. The summed E-state index contributed by atoms with van der Waals surface area (Å²) >= 11 is 1.39. The summed E-state index contributed by atoms with van der Waals surface area (Å²) in [6, 6.07) is 9.91. The molecule has 2 aromatic rings. The van der Waals surface area contributed by atoms with E-state index in [2.05, 4.69) is 21.5 Å². The number of para-hydroxylation sites is 1. The molecule has 1 aromatic heterocycles. The number of hydrogen-bond acceptors (Lipinski definition) is 5. The number of aromatic nitrogens is 2. The summed E-state index contributed by atoms with van der Waals surface area (Å²) in [5.74, 6) is 0.934. The van der Waals surface area contributed by atoms with Crippen molar-refractivity contribution in [2.75, 3.05) is 20.2 Å². The van der Waals surface area contributed by atoms with E-state index in [1.54, 1.807) is 0 Å². The third-order valence-corrected chi connectivity index (χ3v) is 3.09. The van der Waals surface area contributed by atoms with Crippen LogP contribution in [-0.4, -0.2) is 34.7 Å². The third kappa shape index (κ3) is 4.43. The highest BCUT2D eigenvalue weighted by molar-refractivity contribution is 7.03. The van der Waals surface area contributed by atoms with Gasteiger partial charge in [-0.25, -0.2) is 0 Å². The van der Waals surface area contributed by atoms with Crippen LogP contribution in [0.5, 0.6) is 5.75 Å². The van der Waals surface area contributed by atoms with Crippen molar-refractivity contribution in [2.45, 2.75) is 13.0 Å². The van der Waals surface area contributed by atoms with Crippen molar-refractivity contribution in [1.29, 1.82) is 0 Å². The maximum Gasteiger partial charge on any atom is 0.119 e. The van der Waals surface area contributed by atoms with Gasteiger partial charge in [0.1, 0.15) is 5.75 Å². The van der Waals surface area contributed by atoms with E-state index in [4.69, 9.17) is 4.74 Å². The first-order valence-corrected chi connectivity index (χ1v) is 6.80. The first-order chi connectivity index (χ1) is 8.84. The van der Waals surface area contributed by atoms with Crippen LogP contribution in [0, 0.1) is 0 Å². The molecule has 0 N–H and O–H groups in total. The molecule has 0 unspecified atom stereocenters. The van der Waals surface area contributed by atoms with Crippen molar-refractivity contribution >= 4 is 11.5 Å². The normalized spacial score (nSPS) is 10.8. The summed E-state index contributed by atoms with van der Waals surface area (Å²) in [6.45, 7) is 2.58. The Morgan fingerprint density at radius 1 is 1.28 bits per heavy atom. The molecule has 18 heavy (non-hydrogen) atoms. The van der Waals surface area contributed by atoms with Crippen molar-refractivity contribution in [1.82, 2.24) is 14.5 Å². The first-order valence-electron chi connectivity index (χ1n) is 5.97. The summed E-state index contributed by atoms with van der Waals surface area (Å²) in [5, 5.41) is 6.01. The zero-order valence-corrected chi connectivity index (χ0v) is 11.3. The minimum absolute atomic E-state index is 0.740. The van der Waals surface area contributed by atoms with E-state index < -0.39 is 0 Å². The lowest BCUT2D eigenvalue weighted by Crippen LogP contribution is -2.21. The molecular formula is C13H17N3OS. The number of hydrogen-bond donors (Lipinski definition) is 0. The summed E-state index contributed by atoms with van der Waals surface area (Å²) in [7, 11) is 2.09. The van der Waals surface area contributed by atoms with Crippen LogP contribution in [0.4, 0.5) is 0 Å². The Balaban J connectivity index is 1.60. The molecule has 2 rings (SSSR count). The number of ether oxygens (including phenoxy) is 1. The molecule has 0 amide bonds. The number of nitrogens with zero attached hydrogens (tertiary/aromatic N) is 3. The molecule has 96 valence electrons. The lowest BCUT2D eigenvalue weighted by molar-refractivity contribution is 0.257. The van der Waals surface area contributed by atoms with Gasteiger partial charge in [0, 0.05) is 18.5 Å². The van der Waals surface area contributed by atoms with Crippen LogP contribution in [0.1, 0.15) is 12.1 Å². The van der Waals surface area contributed by atoms with Crippen LogP contribution in [-0.2, 0) is 6.54 Å². The summed E-state index contributed by atoms with van der Waals surface area (Å²) in [5.41, 5.74) is 1.03. The lowest BCUT2D eigenvalue weighted by Gasteiger charge is -2.14. The zero-order chi connectivity index (χ0) is 12.6. The highest BCUT2D eigenvalue weighted by atomic mass is 32.1. The molecule has 0 radical (unpaired) electrons. The average Bonchev–Trinajstić information content (AvgIpc) is 2.89. The Morgan fingerprint density at radius 2 is 2.11 bits per heavy atom. The SMILES string of the molecule is CN(CCCOc1ccccc1)Cc1csnn1. The second kappa shape index (κ2) is 7.08. The fraction of sp³-hybridized carbons (Fsp3) is 0.385. The van der Waals surface area contributed by atoms with E-state index in [0.29, 0.717) is 0 Å². The molecule has 0 fully saturated rings. The zero-order valence-electron chi connectivity index (χ0n) is 10.5. The van der Waals surface area contributed by atoms with Crippen LogP contribution >= 0.6 is 11.5 Å². The van der Waals surface area contributed by atoms with Crippen molar-refractivity contribution in [3.63, 3.8) is 0 Å². The van der Waals surface area contributed by atoms with Crippen molar-refractivity contribution in [2.24, 2.45) is 0 Å². The minimum Gasteiger partial charge on any atom is -0.494 e. The Labute approximate surface area is 111 Å². The summed E-state index contributed by atoms with van der Waals surface area (Å²) in [4.78, 5) is 2.23. The molecule has 4 nitrogen and oxygen atoms in total. The molecular weight excluding hydrogens is 246 g/mol. The van der Waals surface area contributed by atoms with E-state index in [1.807, 2.05) is 35.7 Å². The first kappa shape index (κ1) is 13.0. The van der Waals surface area contributed by atoms with E-state index in [1.165, 1.54) is 11.5 Å². The molecule has 1 aromatic carbocycles. The molecule has 0 aliphatic carbocycles. The van der Waals surface area contributed by atoms with Gasteiger partial charge < -0.3 is 9.64 Å². The van der Waals surface area contributed by atoms with Gasteiger partial charge in [-0.05, 0) is 37.1 Å². The smallest absolute Gasteiger partial charge is 0.119 e. The van der Waals surface area contributed by atoms with Crippen LogP contribution in [0.3, 0.4) is 0 Å². The standard InChI is InChI=1S/C13H17N3OS/c1-16(10-12-11-18-15-14-12)8-5-9-17-13-6-3-2-4-7-13/h2-4,6-7,11H,5,8-10H2,1H3. The van der Waals surface area contributed by atoms with Gasteiger partial charge in [0.25, 0.3) is 0 Å². The van der Waals surface area contributed by atoms with Crippen LogP contribution in [0.2, 0.25) is 0 Å². The van der Waals surface area contributed by atoms with Crippen LogP contribution < -0.4 is 4.74 Å². The minimum atomic E-state index is 0.740. The number of benzene rings is 1. The molecule has 0 saturated carbocycles. The Bertz CT molecular complexity index is 433. The maximum absolute atomic E-state index is 5.64. The highest BCUT2D eigenvalue weighted by Crippen LogP contribution is 2.08. The third-order valence-electron chi connectivity index (χ3n) is 2.53. The fourth-order valence-electron chi connectivity index (χ4n) is 1.65. The topological polar surface area (TPSA) is 38.2 Å². The van der Waals surface area contributed by atoms with Gasteiger partial charge >= 0.3 is 0 Å². The molecule has 0 aliphatic heterocycles. The molecule has 1 heterocycles. The fourth-order valence-corrected chi connectivity index (χ4v) is 2.09. The second-order valence-electron chi connectivity index (χ2n) is 4.15. The van der Waals surface area contributed by atoms with Gasteiger partial charge in [-0.1, -0.05) is 22.7 Å². The average molecular weight is 263 g/mol. The lowest BCUT2D eigenvalue weighted by atomic mass is 10.3. The predicted molar refractivity (Wildman–Crippen MR) is 72.8 cm³/mol. The Morgan fingerprint density at radius 3 is 2.83 bits per heavy atom. The van der Waals surface area contributed by atoms with Crippen molar-refractivity contribution < 1.29 is 4.74 Å². The van der Waals surface area contributed by atoms with Gasteiger partial charge in [0.15, 0.2) is 0 Å². The van der Waals surface area contributed by atoms with E-state index in [0.717, 1.165) is 37.6 Å². The molecule has 0 atom stereocenters. The monoisotopic (exact) mass is 263 g/mol.